The van der Waals surface area contributed by atoms with Gasteiger partial charge >= 0.3 is 0 Å². The first-order chi connectivity index (χ1) is 17.0. The van der Waals surface area contributed by atoms with E-state index >= 15 is 0 Å². The van der Waals surface area contributed by atoms with Gasteiger partial charge in [0.05, 0.1) is 10.3 Å². The molecule has 35 heavy (non-hydrogen) atoms. The predicted molar refractivity (Wildman–Crippen MR) is 136 cm³/mol. The maximum absolute atomic E-state index is 13.2. The van der Waals surface area contributed by atoms with Gasteiger partial charge in [-0.15, -0.1) is 11.3 Å². The van der Waals surface area contributed by atoms with Crippen molar-refractivity contribution in [1.82, 2.24) is 9.66 Å². The van der Waals surface area contributed by atoms with Gasteiger partial charge in [0.2, 0.25) is 0 Å². The summed E-state index contributed by atoms with van der Waals surface area (Å²) in [6.45, 7) is 0. The van der Waals surface area contributed by atoms with E-state index in [2.05, 4.69) is 15.7 Å². The van der Waals surface area contributed by atoms with Crippen LogP contribution in [-0.2, 0) is 0 Å². The number of fused-ring (bicyclic) bond motifs is 1. The number of nitro benzene ring substituents is 1. The van der Waals surface area contributed by atoms with E-state index in [1.807, 2.05) is 41.8 Å². The number of anilines is 2. The van der Waals surface area contributed by atoms with E-state index in [9.17, 15) is 19.7 Å². The van der Waals surface area contributed by atoms with E-state index < -0.39 is 16.4 Å². The highest BCUT2D eigenvalue weighted by atomic mass is 32.1. The van der Waals surface area contributed by atoms with Crippen LogP contribution in [0.25, 0.3) is 21.3 Å². The van der Waals surface area contributed by atoms with Crippen molar-refractivity contribution >= 4 is 44.5 Å². The largest absolute Gasteiger partial charge is 0.350 e. The van der Waals surface area contributed by atoms with Gasteiger partial charge in [-0.25, -0.2) is 9.66 Å². The average molecular weight is 484 g/mol. The average Bonchev–Trinajstić information content (AvgIpc) is 3.32. The van der Waals surface area contributed by atoms with Gasteiger partial charge < -0.3 is 5.32 Å². The molecule has 5 aromatic rings. The molecule has 10 heteroatoms. The van der Waals surface area contributed by atoms with E-state index in [-0.39, 0.29) is 16.9 Å². The van der Waals surface area contributed by atoms with Crippen LogP contribution in [0.5, 0.6) is 0 Å². The summed E-state index contributed by atoms with van der Waals surface area (Å²) in [5, 5.41) is 16.9. The van der Waals surface area contributed by atoms with Crippen LogP contribution in [0.2, 0.25) is 0 Å². The zero-order valence-electron chi connectivity index (χ0n) is 18.0. The number of nitrogens with one attached hydrogen (secondary N) is 2. The number of amides is 1. The smallest absolute Gasteiger partial charge is 0.293 e. The van der Waals surface area contributed by atoms with Crippen molar-refractivity contribution in [2.75, 3.05) is 10.7 Å². The van der Waals surface area contributed by atoms with E-state index in [1.165, 1.54) is 29.8 Å². The highest BCUT2D eigenvalue weighted by Crippen LogP contribution is 2.31. The van der Waals surface area contributed by atoms with Crippen LogP contribution >= 0.6 is 11.3 Å². The Kier molecular flexibility index (Phi) is 5.78. The first-order valence-electron chi connectivity index (χ1n) is 10.5. The molecule has 0 bridgehead atoms. The number of benzene rings is 3. The van der Waals surface area contributed by atoms with Gasteiger partial charge in [0, 0.05) is 28.3 Å². The number of aromatic nitrogens is 2. The summed E-state index contributed by atoms with van der Waals surface area (Å²) >= 11 is 1.34. The van der Waals surface area contributed by atoms with Crippen molar-refractivity contribution in [2.45, 2.75) is 0 Å². The van der Waals surface area contributed by atoms with Crippen molar-refractivity contribution in [3.63, 3.8) is 0 Å². The highest BCUT2D eigenvalue weighted by Gasteiger charge is 2.19. The molecule has 2 N–H and O–H groups in total. The molecule has 0 saturated carbocycles. The molecule has 9 nitrogen and oxygen atoms in total. The monoisotopic (exact) mass is 483 g/mol. The number of hydrogen-bond acceptors (Lipinski definition) is 7. The maximum atomic E-state index is 13.2. The first-order valence-corrected chi connectivity index (χ1v) is 11.4. The predicted octanol–water partition coefficient (Wildman–Crippen LogP) is 5.16. The van der Waals surface area contributed by atoms with Gasteiger partial charge in [0.25, 0.3) is 17.2 Å². The Morgan fingerprint density at radius 1 is 1.00 bits per heavy atom. The van der Waals surface area contributed by atoms with Crippen LogP contribution in [0.1, 0.15) is 10.4 Å². The normalized spacial score (nSPS) is 10.7. The third kappa shape index (κ3) is 4.37. The number of para-hydroxylation sites is 1. The van der Waals surface area contributed by atoms with Crippen LogP contribution in [0, 0.1) is 10.1 Å². The number of carbonyl (C=O) groups is 1. The van der Waals surface area contributed by atoms with Gasteiger partial charge in [-0.3, -0.25) is 25.1 Å². The van der Waals surface area contributed by atoms with Crippen molar-refractivity contribution in [1.29, 1.82) is 0 Å². The molecule has 1 amide bonds. The van der Waals surface area contributed by atoms with Gasteiger partial charge in [0.15, 0.2) is 0 Å². The molecular formula is C25H17N5O4S. The second kappa shape index (κ2) is 9.20. The van der Waals surface area contributed by atoms with Crippen molar-refractivity contribution in [3.8, 4) is 11.1 Å². The van der Waals surface area contributed by atoms with Gasteiger partial charge in [-0.05, 0) is 29.8 Å². The molecule has 0 saturated heterocycles. The summed E-state index contributed by atoms with van der Waals surface area (Å²) in [5.41, 5.74) is 4.29. The summed E-state index contributed by atoms with van der Waals surface area (Å²) in [6, 6.07) is 22.5. The molecular weight excluding hydrogens is 466 g/mol. The molecule has 0 aliphatic heterocycles. The summed E-state index contributed by atoms with van der Waals surface area (Å²) in [7, 11) is 0. The van der Waals surface area contributed by atoms with Crippen LogP contribution in [-0.4, -0.2) is 20.5 Å². The highest BCUT2D eigenvalue weighted by molar-refractivity contribution is 7.17. The fourth-order valence-electron chi connectivity index (χ4n) is 3.62. The summed E-state index contributed by atoms with van der Waals surface area (Å²) in [5.74, 6) is -0.681. The Labute approximate surface area is 202 Å². The standard InChI is InChI=1S/C25H17N5O4S/c31-23(17-11-12-20(21(13-17)30(33)34)27-18-9-5-2-6-10-18)28-29-15-26-24-22(25(29)32)19(14-35-24)16-7-3-1-4-8-16/h1-15,27H,(H,28,31). The molecule has 0 fully saturated rings. The number of rotatable bonds is 6. The Morgan fingerprint density at radius 3 is 2.43 bits per heavy atom. The molecule has 0 unspecified atom stereocenters. The Bertz CT molecular complexity index is 1610. The quantitative estimate of drug-likeness (QED) is 0.254. The van der Waals surface area contributed by atoms with Crippen LogP contribution in [0.3, 0.4) is 0 Å². The van der Waals surface area contributed by atoms with E-state index in [1.54, 1.807) is 24.3 Å². The van der Waals surface area contributed by atoms with E-state index in [0.29, 0.717) is 15.9 Å². The fraction of sp³-hybridized carbons (Fsp3) is 0. The van der Waals surface area contributed by atoms with E-state index in [4.69, 9.17) is 0 Å². The Hall–Kier alpha value is -4.83. The lowest BCUT2D eigenvalue weighted by molar-refractivity contribution is -0.383. The number of nitro groups is 1. The molecule has 172 valence electrons. The van der Waals surface area contributed by atoms with Crippen LogP contribution in [0.4, 0.5) is 17.1 Å². The van der Waals surface area contributed by atoms with Gasteiger partial charge in [-0.2, -0.15) is 0 Å². The molecule has 5 rings (SSSR count). The molecule has 2 aromatic heterocycles. The number of thiophene rings is 1. The Balaban J connectivity index is 1.46. The summed E-state index contributed by atoms with van der Waals surface area (Å²) in [6.07, 6.45) is 1.23. The molecule has 2 heterocycles. The molecule has 0 aliphatic carbocycles. The molecule has 0 aliphatic rings. The van der Waals surface area contributed by atoms with Gasteiger partial charge in [0.1, 0.15) is 16.8 Å². The second-order valence-corrected chi connectivity index (χ2v) is 8.39. The van der Waals surface area contributed by atoms with Crippen molar-refractivity contribution in [3.05, 3.63) is 117 Å². The SMILES string of the molecule is O=C(Nn1cnc2scc(-c3ccccc3)c2c1=O)c1ccc(Nc2ccccc2)c([N+](=O)[O-])c1. The number of carbonyl (C=O) groups excluding carboxylic acids is 1. The zero-order valence-corrected chi connectivity index (χ0v) is 18.9. The number of nitrogens with zero attached hydrogens (tertiary/aromatic N) is 3. The molecule has 0 atom stereocenters. The first kappa shape index (κ1) is 22.0. The minimum Gasteiger partial charge on any atom is -0.350 e. The van der Waals surface area contributed by atoms with Crippen molar-refractivity contribution in [2.24, 2.45) is 0 Å². The minimum atomic E-state index is -0.681. The second-order valence-electron chi connectivity index (χ2n) is 7.54. The minimum absolute atomic E-state index is 0.0240. The molecule has 0 spiro atoms. The lowest BCUT2D eigenvalue weighted by Gasteiger charge is -2.10. The van der Waals surface area contributed by atoms with E-state index in [0.717, 1.165) is 21.9 Å². The lowest BCUT2D eigenvalue weighted by Crippen LogP contribution is -2.33. The van der Waals surface area contributed by atoms with Crippen molar-refractivity contribution < 1.29 is 9.72 Å². The topological polar surface area (TPSA) is 119 Å². The molecule has 3 aromatic carbocycles. The maximum Gasteiger partial charge on any atom is 0.293 e. The summed E-state index contributed by atoms with van der Waals surface area (Å²) < 4.78 is 0.992. The van der Waals surface area contributed by atoms with Gasteiger partial charge in [-0.1, -0.05) is 48.5 Å². The fourth-order valence-corrected chi connectivity index (χ4v) is 4.53. The Morgan fingerprint density at radius 2 is 1.71 bits per heavy atom. The molecule has 0 radical (unpaired) electrons. The third-order valence-corrected chi connectivity index (χ3v) is 6.20. The summed E-state index contributed by atoms with van der Waals surface area (Å²) in [4.78, 5) is 42.0. The third-order valence-electron chi connectivity index (χ3n) is 5.31. The lowest BCUT2D eigenvalue weighted by atomic mass is 10.1. The number of hydrogen-bond donors (Lipinski definition) is 2. The van der Waals surface area contributed by atoms with Crippen LogP contribution < -0.4 is 16.3 Å². The zero-order chi connectivity index (χ0) is 24.4. The van der Waals surface area contributed by atoms with Crippen LogP contribution in [0.15, 0.2) is 95.4 Å².